The number of aliphatic imine (C=N–C) groups is 1. The first kappa shape index (κ1) is 23.4. The summed E-state index contributed by atoms with van der Waals surface area (Å²) < 4.78 is 10.9. The summed E-state index contributed by atoms with van der Waals surface area (Å²) in [5, 5.41) is 3.24. The molecule has 1 aromatic rings. The SMILES string of the molecule is COCCCCC(C=C(N)[C@@H](C)N(C(=O)[C@H]1CNCCO1)C1CC1)=Nc1ccccc1. The first-order valence-corrected chi connectivity index (χ1v) is 11.3. The van der Waals surface area contributed by atoms with Gasteiger partial charge >= 0.3 is 0 Å². The van der Waals surface area contributed by atoms with E-state index >= 15 is 0 Å². The molecule has 1 aromatic carbocycles. The Balaban J connectivity index is 1.75. The lowest BCUT2D eigenvalue weighted by Crippen LogP contribution is -2.53. The zero-order valence-corrected chi connectivity index (χ0v) is 18.8. The molecule has 3 N–H and O–H groups in total. The van der Waals surface area contributed by atoms with E-state index in [1.165, 1.54) is 0 Å². The van der Waals surface area contributed by atoms with Crippen molar-refractivity contribution >= 4 is 17.3 Å². The lowest BCUT2D eigenvalue weighted by atomic mass is 10.1. The third kappa shape index (κ3) is 7.16. The number of para-hydroxylation sites is 1. The largest absolute Gasteiger partial charge is 0.400 e. The van der Waals surface area contributed by atoms with Crippen molar-refractivity contribution in [3.05, 3.63) is 42.1 Å². The van der Waals surface area contributed by atoms with Crippen LogP contribution in [0.4, 0.5) is 5.69 Å². The highest BCUT2D eigenvalue weighted by Gasteiger charge is 2.40. The Hall–Kier alpha value is -2.22. The van der Waals surface area contributed by atoms with Gasteiger partial charge in [0, 0.05) is 44.3 Å². The molecule has 2 aliphatic rings. The lowest BCUT2D eigenvalue weighted by molar-refractivity contribution is -0.147. The van der Waals surface area contributed by atoms with Crippen LogP contribution >= 0.6 is 0 Å². The zero-order chi connectivity index (χ0) is 22.1. The number of rotatable bonds is 11. The van der Waals surface area contributed by atoms with Crippen LogP contribution in [-0.4, -0.2) is 68.1 Å². The van der Waals surface area contributed by atoms with Gasteiger partial charge in [0.15, 0.2) is 0 Å². The minimum absolute atomic E-state index is 0.0280. The number of morpholine rings is 1. The summed E-state index contributed by atoms with van der Waals surface area (Å²) in [6.07, 6.45) is 6.29. The molecule has 31 heavy (non-hydrogen) atoms. The molecule has 1 aliphatic carbocycles. The fourth-order valence-electron chi connectivity index (χ4n) is 3.78. The van der Waals surface area contributed by atoms with Crippen LogP contribution in [0.15, 0.2) is 47.1 Å². The zero-order valence-electron chi connectivity index (χ0n) is 18.8. The molecule has 7 nitrogen and oxygen atoms in total. The summed E-state index contributed by atoms with van der Waals surface area (Å²) >= 11 is 0. The van der Waals surface area contributed by atoms with Gasteiger partial charge in [-0.15, -0.1) is 0 Å². The van der Waals surface area contributed by atoms with Crippen LogP contribution < -0.4 is 11.1 Å². The minimum atomic E-state index is -0.434. The van der Waals surface area contributed by atoms with E-state index in [4.69, 9.17) is 20.2 Å². The number of carbonyl (C=O) groups excluding carboxylic acids is 1. The average molecular weight is 429 g/mol. The van der Waals surface area contributed by atoms with Gasteiger partial charge in [-0.2, -0.15) is 0 Å². The van der Waals surface area contributed by atoms with E-state index < -0.39 is 6.10 Å². The van der Waals surface area contributed by atoms with Crippen LogP contribution in [0, 0.1) is 0 Å². The van der Waals surface area contributed by atoms with E-state index in [9.17, 15) is 4.79 Å². The highest BCUT2D eigenvalue weighted by molar-refractivity contribution is 5.97. The number of methoxy groups -OCH3 is 1. The third-order valence-electron chi connectivity index (χ3n) is 5.69. The number of carbonyl (C=O) groups is 1. The predicted octanol–water partition coefficient (Wildman–Crippen LogP) is 2.79. The van der Waals surface area contributed by atoms with Crippen molar-refractivity contribution in [3.8, 4) is 0 Å². The summed E-state index contributed by atoms with van der Waals surface area (Å²) in [6, 6.07) is 9.93. The van der Waals surface area contributed by atoms with Crippen molar-refractivity contribution in [1.82, 2.24) is 10.2 Å². The maximum Gasteiger partial charge on any atom is 0.253 e. The van der Waals surface area contributed by atoms with Crippen molar-refractivity contribution in [2.24, 2.45) is 10.7 Å². The van der Waals surface area contributed by atoms with E-state index in [0.29, 0.717) is 18.8 Å². The normalized spacial score (nSPS) is 21.0. The molecular weight excluding hydrogens is 392 g/mol. The summed E-state index contributed by atoms with van der Waals surface area (Å²) in [5.74, 6) is 0.0280. The maximum absolute atomic E-state index is 13.2. The fraction of sp³-hybridized carbons (Fsp3) is 0.583. The average Bonchev–Trinajstić information content (AvgIpc) is 3.63. The monoisotopic (exact) mass is 428 g/mol. The Kier molecular flexibility index (Phi) is 9.06. The second-order valence-corrected chi connectivity index (χ2v) is 8.25. The molecule has 1 saturated carbocycles. The highest BCUT2D eigenvalue weighted by atomic mass is 16.5. The lowest BCUT2D eigenvalue weighted by Gasteiger charge is -2.34. The molecule has 0 radical (unpaired) electrons. The van der Waals surface area contributed by atoms with E-state index in [2.05, 4.69) is 5.32 Å². The van der Waals surface area contributed by atoms with Crippen LogP contribution in [0.25, 0.3) is 0 Å². The van der Waals surface area contributed by atoms with E-state index in [1.54, 1.807) is 7.11 Å². The molecular formula is C24H36N4O3. The number of hydrogen-bond acceptors (Lipinski definition) is 6. The van der Waals surface area contributed by atoms with Gasteiger partial charge in [0.1, 0.15) is 6.10 Å². The van der Waals surface area contributed by atoms with Crippen molar-refractivity contribution in [2.75, 3.05) is 33.4 Å². The second-order valence-electron chi connectivity index (χ2n) is 8.25. The van der Waals surface area contributed by atoms with Crippen molar-refractivity contribution in [3.63, 3.8) is 0 Å². The van der Waals surface area contributed by atoms with Crippen LogP contribution in [0.5, 0.6) is 0 Å². The standard InChI is InChI=1S/C24H36N4O3/c1-18(28(21-11-12-21)24(29)23-17-26-13-15-31-23)22(25)16-20(10-6-7-14-30-2)27-19-8-4-3-5-9-19/h3-5,8-9,16,18,21,23,26H,6-7,10-15,17,25H2,1-2H3/t18-,23-/m1/s1. The van der Waals surface area contributed by atoms with Crippen molar-refractivity contribution in [2.45, 2.75) is 57.2 Å². The topological polar surface area (TPSA) is 89.2 Å². The maximum atomic E-state index is 13.2. The number of benzene rings is 1. The highest BCUT2D eigenvalue weighted by Crippen LogP contribution is 2.31. The fourth-order valence-corrected chi connectivity index (χ4v) is 3.78. The van der Waals surface area contributed by atoms with Gasteiger partial charge in [-0.25, -0.2) is 0 Å². The first-order chi connectivity index (χ1) is 15.1. The number of amides is 1. The molecule has 1 saturated heterocycles. The Morgan fingerprint density at radius 1 is 1.35 bits per heavy atom. The Morgan fingerprint density at radius 3 is 2.77 bits per heavy atom. The Labute approximate surface area is 185 Å². The van der Waals surface area contributed by atoms with Crippen molar-refractivity contribution in [1.29, 1.82) is 0 Å². The number of allylic oxidation sites excluding steroid dienone is 1. The molecule has 0 aromatic heterocycles. The molecule has 1 heterocycles. The summed E-state index contributed by atoms with van der Waals surface area (Å²) in [6.45, 7) is 4.63. The number of unbranched alkanes of at least 4 members (excludes halogenated alkanes) is 1. The molecule has 0 bridgehead atoms. The first-order valence-electron chi connectivity index (χ1n) is 11.3. The van der Waals surface area contributed by atoms with Crippen LogP contribution in [0.1, 0.15) is 39.0 Å². The van der Waals surface area contributed by atoms with Gasteiger partial charge in [0.2, 0.25) is 0 Å². The number of nitrogens with one attached hydrogen (secondary N) is 1. The van der Waals surface area contributed by atoms with Crippen LogP contribution in [0.2, 0.25) is 0 Å². The number of nitrogens with zero attached hydrogens (tertiary/aromatic N) is 2. The molecule has 2 atom stereocenters. The number of nitrogens with two attached hydrogens (primary N) is 1. The molecule has 170 valence electrons. The summed E-state index contributed by atoms with van der Waals surface area (Å²) in [4.78, 5) is 19.9. The second kappa shape index (κ2) is 12.0. The van der Waals surface area contributed by atoms with Crippen LogP contribution in [-0.2, 0) is 14.3 Å². The molecule has 3 rings (SSSR count). The van der Waals surface area contributed by atoms with Gasteiger partial charge < -0.3 is 25.4 Å². The van der Waals surface area contributed by atoms with E-state index in [-0.39, 0.29) is 18.0 Å². The summed E-state index contributed by atoms with van der Waals surface area (Å²) in [5.41, 5.74) is 9.02. The molecule has 2 fully saturated rings. The van der Waals surface area contributed by atoms with E-state index in [1.807, 2.05) is 48.2 Å². The van der Waals surface area contributed by atoms with Gasteiger partial charge in [0.25, 0.3) is 5.91 Å². The van der Waals surface area contributed by atoms with Crippen LogP contribution in [0.3, 0.4) is 0 Å². The Morgan fingerprint density at radius 2 is 2.13 bits per heavy atom. The van der Waals surface area contributed by atoms with E-state index in [0.717, 1.165) is 56.7 Å². The third-order valence-corrected chi connectivity index (χ3v) is 5.69. The van der Waals surface area contributed by atoms with Gasteiger partial charge in [0.05, 0.1) is 18.3 Å². The molecule has 0 unspecified atom stereocenters. The number of hydrogen-bond donors (Lipinski definition) is 2. The van der Waals surface area contributed by atoms with Crippen molar-refractivity contribution < 1.29 is 14.3 Å². The summed E-state index contributed by atoms with van der Waals surface area (Å²) in [7, 11) is 1.72. The smallest absolute Gasteiger partial charge is 0.253 e. The number of ether oxygens (including phenoxy) is 2. The molecule has 7 heteroatoms. The molecule has 1 amide bonds. The predicted molar refractivity (Wildman–Crippen MR) is 123 cm³/mol. The quantitative estimate of drug-likeness (QED) is 0.418. The van der Waals surface area contributed by atoms with Gasteiger partial charge in [-0.3, -0.25) is 9.79 Å². The minimum Gasteiger partial charge on any atom is -0.400 e. The molecule has 1 aliphatic heterocycles. The molecule has 0 spiro atoms. The van der Waals surface area contributed by atoms with Gasteiger partial charge in [-0.1, -0.05) is 18.2 Å². The Bertz CT molecular complexity index is 755. The van der Waals surface area contributed by atoms with Gasteiger partial charge in [-0.05, 0) is 57.2 Å².